The van der Waals surface area contributed by atoms with Crippen molar-refractivity contribution in [3.05, 3.63) is 12.2 Å². The lowest BCUT2D eigenvalue weighted by Crippen LogP contribution is -2.21. The Balaban J connectivity index is 3.60. The van der Waals surface area contributed by atoms with Gasteiger partial charge in [-0.1, -0.05) is 167 Å². The number of carbonyl (C=O) groups excluding carboxylic acids is 1. The van der Waals surface area contributed by atoms with E-state index in [0.717, 1.165) is 25.7 Å². The molecule has 1 N–H and O–H groups in total. The standard InChI is InChI=1S/C38H72O4/c1-3-5-7-9-11-13-15-16-17-18-19-20-21-22-24-26-28-30-32-34-38(41)42-36(35-37(39)40)33-31-29-27-25-23-14-12-10-8-6-4-2/h16-17,36H,3-15,18-35H2,1-2H3,(H,39,40)/b17-16-. The minimum absolute atomic E-state index is 0.0705. The lowest BCUT2D eigenvalue weighted by molar-refractivity contribution is -0.153. The Labute approximate surface area is 262 Å². The van der Waals surface area contributed by atoms with Crippen molar-refractivity contribution < 1.29 is 19.4 Å². The van der Waals surface area contributed by atoms with E-state index in [1.165, 1.54) is 154 Å². The second-order valence-electron chi connectivity index (χ2n) is 12.8. The van der Waals surface area contributed by atoms with Crippen LogP contribution in [-0.4, -0.2) is 23.1 Å². The van der Waals surface area contributed by atoms with Crippen LogP contribution >= 0.6 is 0 Å². The van der Waals surface area contributed by atoms with Gasteiger partial charge in [-0.3, -0.25) is 9.59 Å². The maximum Gasteiger partial charge on any atom is 0.307 e. The predicted molar refractivity (Wildman–Crippen MR) is 181 cm³/mol. The zero-order valence-electron chi connectivity index (χ0n) is 28.3. The van der Waals surface area contributed by atoms with Gasteiger partial charge in [0.2, 0.25) is 0 Å². The quantitative estimate of drug-likeness (QED) is 0.0458. The van der Waals surface area contributed by atoms with Crippen LogP contribution in [0.15, 0.2) is 12.2 Å². The van der Waals surface area contributed by atoms with Gasteiger partial charge in [0.15, 0.2) is 0 Å². The van der Waals surface area contributed by atoms with Gasteiger partial charge in [0.25, 0.3) is 0 Å². The zero-order chi connectivity index (χ0) is 30.8. The van der Waals surface area contributed by atoms with Crippen molar-refractivity contribution in [1.29, 1.82) is 0 Å². The van der Waals surface area contributed by atoms with E-state index < -0.39 is 12.1 Å². The monoisotopic (exact) mass is 593 g/mol. The molecule has 248 valence electrons. The Morgan fingerprint density at radius 1 is 0.524 bits per heavy atom. The summed E-state index contributed by atoms with van der Waals surface area (Å²) in [4.78, 5) is 23.5. The molecule has 0 heterocycles. The Bertz CT molecular complexity index is 600. The van der Waals surface area contributed by atoms with Gasteiger partial charge >= 0.3 is 11.9 Å². The summed E-state index contributed by atoms with van der Waals surface area (Å²) in [5.74, 6) is -1.10. The molecule has 0 spiro atoms. The number of esters is 1. The lowest BCUT2D eigenvalue weighted by atomic mass is 10.0. The molecule has 4 nitrogen and oxygen atoms in total. The number of allylic oxidation sites excluding steroid dienone is 2. The summed E-state index contributed by atoms with van der Waals surface area (Å²) in [5, 5.41) is 9.22. The van der Waals surface area contributed by atoms with Crippen molar-refractivity contribution in [1.82, 2.24) is 0 Å². The molecule has 0 fully saturated rings. The Morgan fingerprint density at radius 2 is 0.881 bits per heavy atom. The summed E-state index contributed by atoms with van der Waals surface area (Å²) >= 11 is 0. The largest absolute Gasteiger partial charge is 0.481 e. The SMILES string of the molecule is CCCCCCCC/C=C\CCCCCCCCCCCC(=O)OC(CCCCCCCCCCCCC)CC(=O)O. The van der Waals surface area contributed by atoms with Crippen LogP contribution in [0.5, 0.6) is 0 Å². The van der Waals surface area contributed by atoms with E-state index in [4.69, 9.17) is 4.74 Å². The first-order valence-electron chi connectivity index (χ1n) is 18.7. The first-order chi connectivity index (χ1) is 20.6. The minimum atomic E-state index is -0.879. The number of carboxylic acids is 1. The minimum Gasteiger partial charge on any atom is -0.481 e. The number of rotatable bonds is 34. The van der Waals surface area contributed by atoms with Crippen molar-refractivity contribution in [3.8, 4) is 0 Å². The topological polar surface area (TPSA) is 63.6 Å². The van der Waals surface area contributed by atoms with Crippen LogP contribution in [0.2, 0.25) is 0 Å². The van der Waals surface area contributed by atoms with E-state index in [9.17, 15) is 14.7 Å². The first-order valence-corrected chi connectivity index (χ1v) is 18.7. The molecule has 0 aromatic heterocycles. The molecule has 0 radical (unpaired) electrons. The van der Waals surface area contributed by atoms with Crippen molar-refractivity contribution in [3.63, 3.8) is 0 Å². The van der Waals surface area contributed by atoms with E-state index in [1.807, 2.05) is 0 Å². The number of hydrogen-bond donors (Lipinski definition) is 1. The second-order valence-corrected chi connectivity index (χ2v) is 12.8. The highest BCUT2D eigenvalue weighted by Crippen LogP contribution is 2.17. The molecule has 1 unspecified atom stereocenters. The van der Waals surface area contributed by atoms with Gasteiger partial charge in [-0.05, 0) is 44.9 Å². The van der Waals surface area contributed by atoms with Crippen molar-refractivity contribution in [2.45, 2.75) is 219 Å². The zero-order valence-corrected chi connectivity index (χ0v) is 28.3. The first kappa shape index (κ1) is 40.7. The molecule has 42 heavy (non-hydrogen) atoms. The van der Waals surface area contributed by atoms with E-state index in [1.54, 1.807) is 0 Å². The van der Waals surface area contributed by atoms with Gasteiger partial charge < -0.3 is 9.84 Å². The molecule has 0 aliphatic rings. The highest BCUT2D eigenvalue weighted by Gasteiger charge is 2.17. The van der Waals surface area contributed by atoms with Crippen LogP contribution in [-0.2, 0) is 14.3 Å². The smallest absolute Gasteiger partial charge is 0.307 e. The molecular formula is C38H72O4. The molecule has 0 aliphatic heterocycles. The van der Waals surface area contributed by atoms with Crippen molar-refractivity contribution >= 4 is 11.9 Å². The Morgan fingerprint density at radius 3 is 1.29 bits per heavy atom. The third kappa shape index (κ3) is 33.2. The van der Waals surface area contributed by atoms with Crippen molar-refractivity contribution in [2.24, 2.45) is 0 Å². The fourth-order valence-corrected chi connectivity index (χ4v) is 5.73. The van der Waals surface area contributed by atoms with Gasteiger partial charge in [-0.2, -0.15) is 0 Å². The fourth-order valence-electron chi connectivity index (χ4n) is 5.73. The van der Waals surface area contributed by atoms with Gasteiger partial charge in [-0.25, -0.2) is 0 Å². The Kier molecular flexibility index (Phi) is 33.1. The summed E-state index contributed by atoms with van der Waals surface area (Å²) in [6.45, 7) is 4.53. The fraction of sp³-hybridized carbons (Fsp3) is 0.895. The van der Waals surface area contributed by atoms with Crippen LogP contribution in [0.1, 0.15) is 213 Å². The van der Waals surface area contributed by atoms with E-state index in [2.05, 4.69) is 26.0 Å². The van der Waals surface area contributed by atoms with Crippen LogP contribution in [0.25, 0.3) is 0 Å². The summed E-state index contributed by atoms with van der Waals surface area (Å²) < 4.78 is 5.57. The molecule has 0 saturated heterocycles. The number of hydrogen-bond acceptors (Lipinski definition) is 3. The second kappa shape index (κ2) is 34.2. The molecular weight excluding hydrogens is 520 g/mol. The van der Waals surface area contributed by atoms with Crippen LogP contribution in [0.3, 0.4) is 0 Å². The average Bonchev–Trinajstić information content (AvgIpc) is 2.96. The molecule has 4 heteroatoms. The van der Waals surface area contributed by atoms with Gasteiger partial charge in [0.05, 0.1) is 6.42 Å². The number of carbonyl (C=O) groups is 2. The van der Waals surface area contributed by atoms with Crippen LogP contribution in [0.4, 0.5) is 0 Å². The molecule has 0 aromatic carbocycles. The summed E-state index contributed by atoms with van der Waals surface area (Å²) in [6, 6.07) is 0. The number of carboxylic acid groups (broad SMARTS) is 1. The molecule has 0 aliphatic carbocycles. The molecule has 0 bridgehead atoms. The maximum absolute atomic E-state index is 12.3. The van der Waals surface area contributed by atoms with Crippen LogP contribution in [0, 0.1) is 0 Å². The summed E-state index contributed by atoms with van der Waals surface area (Å²) in [7, 11) is 0. The van der Waals surface area contributed by atoms with E-state index in [0.29, 0.717) is 12.8 Å². The molecule has 0 saturated carbocycles. The number of unbranched alkanes of at least 4 members (excludes halogenated alkanes) is 25. The highest BCUT2D eigenvalue weighted by molar-refractivity contribution is 5.71. The average molecular weight is 593 g/mol. The molecule has 1 atom stereocenters. The predicted octanol–water partition coefficient (Wildman–Crippen LogP) is 12.7. The number of aliphatic carboxylic acids is 1. The third-order valence-corrected chi connectivity index (χ3v) is 8.47. The molecule has 0 amide bonds. The highest BCUT2D eigenvalue weighted by atomic mass is 16.5. The Hall–Kier alpha value is -1.32. The molecule has 0 aromatic rings. The van der Waals surface area contributed by atoms with Crippen LogP contribution < -0.4 is 0 Å². The van der Waals surface area contributed by atoms with Gasteiger partial charge in [-0.15, -0.1) is 0 Å². The third-order valence-electron chi connectivity index (χ3n) is 8.47. The maximum atomic E-state index is 12.3. The van der Waals surface area contributed by atoms with Gasteiger partial charge in [0, 0.05) is 6.42 Å². The summed E-state index contributed by atoms with van der Waals surface area (Å²) in [6.07, 6.45) is 40.9. The summed E-state index contributed by atoms with van der Waals surface area (Å²) in [5.41, 5.74) is 0. The number of ether oxygens (including phenoxy) is 1. The lowest BCUT2D eigenvalue weighted by Gasteiger charge is -2.16. The van der Waals surface area contributed by atoms with E-state index in [-0.39, 0.29) is 12.4 Å². The van der Waals surface area contributed by atoms with Gasteiger partial charge in [0.1, 0.15) is 6.10 Å². The van der Waals surface area contributed by atoms with Crippen molar-refractivity contribution in [2.75, 3.05) is 0 Å². The van der Waals surface area contributed by atoms with E-state index >= 15 is 0 Å². The molecule has 0 rings (SSSR count). The normalized spacial score (nSPS) is 12.2.